The van der Waals surface area contributed by atoms with E-state index in [4.69, 9.17) is 14.2 Å². The fraction of sp³-hybridized carbons (Fsp3) is 0.583. The fourth-order valence-corrected chi connectivity index (χ4v) is 12.0. The normalized spacial score (nSPS) is 29.8. The van der Waals surface area contributed by atoms with Crippen LogP contribution in [0.1, 0.15) is 96.5 Å². The Morgan fingerprint density at radius 2 is 1.77 bits per heavy atom. The number of ketones is 1. The zero-order valence-corrected chi connectivity index (χ0v) is 39.7. The Morgan fingerprint density at radius 3 is 2.41 bits per heavy atom. The van der Waals surface area contributed by atoms with Gasteiger partial charge in [-0.25, -0.2) is 18.4 Å². The molecule has 8 atom stereocenters. The Kier molecular flexibility index (Phi) is 14.4. The summed E-state index contributed by atoms with van der Waals surface area (Å²) in [6.45, 7) is 2.67. The Morgan fingerprint density at radius 1 is 1.03 bits per heavy atom. The molecule has 374 valence electrons. The van der Waals surface area contributed by atoms with Crippen molar-refractivity contribution in [1.29, 1.82) is 0 Å². The highest BCUT2D eigenvalue weighted by molar-refractivity contribution is 7.90. The number of pyridine rings is 1. The lowest BCUT2D eigenvalue weighted by Gasteiger charge is -2.38. The minimum atomic E-state index is -4.97. The van der Waals surface area contributed by atoms with Gasteiger partial charge in [-0.15, -0.1) is 11.3 Å². The van der Waals surface area contributed by atoms with Gasteiger partial charge in [0.05, 0.1) is 53.5 Å². The number of alkyl halides is 6. The first kappa shape index (κ1) is 50.5. The number of Topliss-reactive ketones (excluding diaryl/α,β-unsaturated/α-hetero) is 1. The smallest absolute Gasteiger partial charge is 0.430 e. The molecule has 4 fully saturated rings. The summed E-state index contributed by atoms with van der Waals surface area (Å²) in [7, 11) is -4.01. The molecule has 8 rings (SSSR count). The van der Waals surface area contributed by atoms with E-state index in [0.717, 1.165) is 12.1 Å². The van der Waals surface area contributed by atoms with Gasteiger partial charge < -0.3 is 19.1 Å². The number of aromatic nitrogens is 2. The van der Waals surface area contributed by atoms with Crippen molar-refractivity contribution in [3.8, 4) is 27.7 Å². The SMILES string of the molecule is CC[C@@H]1C[C@H](C)CC/C=C\[C@@H]2C[C@@]2(C(=O)NS(=O)(=O)C2CC2)CC(=O)[C@@H]2C[C@@H](Oc3cc(-c4ccc(C(F)(F)F)cc4)nc(-c4nccs4)c3)CN2C(=O)[C@H]1CC(=O)OC1(C(F)(F)F)CCCOC1. The van der Waals surface area contributed by atoms with Gasteiger partial charge in [-0.2, -0.15) is 26.3 Å². The molecule has 5 heterocycles. The molecule has 0 bridgehead atoms. The maximum atomic E-state index is 15.3. The van der Waals surface area contributed by atoms with Crippen LogP contribution in [0, 0.1) is 29.1 Å². The molecule has 2 aromatic heterocycles. The van der Waals surface area contributed by atoms with Gasteiger partial charge in [0.15, 0.2) is 5.78 Å². The number of carbonyl (C=O) groups excluding carboxylic acids is 4. The minimum absolute atomic E-state index is 0.0147. The van der Waals surface area contributed by atoms with Gasteiger partial charge in [-0.3, -0.25) is 23.9 Å². The van der Waals surface area contributed by atoms with Gasteiger partial charge in [0.25, 0.3) is 0 Å². The third-order valence-corrected chi connectivity index (χ3v) is 16.8. The molecular weight excluding hydrogens is 955 g/mol. The molecule has 3 aromatic rings. The number of thiazole rings is 1. The number of amides is 2. The lowest BCUT2D eigenvalue weighted by molar-refractivity contribution is -0.295. The van der Waals surface area contributed by atoms with Crippen LogP contribution in [-0.4, -0.2) is 95.8 Å². The van der Waals surface area contributed by atoms with Gasteiger partial charge in [-0.05, 0) is 74.8 Å². The van der Waals surface area contributed by atoms with E-state index in [1.165, 1.54) is 34.4 Å². The standard InChI is InChI=1S/C48H54F6N4O9S2/c1-3-29-19-28(2)7-4-5-8-32-24-45(32,44(62)57-69(63,64)35-13-14-35)25-40(59)39-22-34(26-58(39)43(61)36(29)23-41(60)67-46(48(52,53)54)15-6-17-65-27-46)66-33-20-37(56-38(21-33)42-55-16-18-68-42)30-9-11-31(12-10-30)47(49,50)51/h5,8-12,16,18,20-21,28-29,32,34-36,39H,3-4,6-7,13-15,17,19,22-27H2,1-2H3,(H,57,62)/b8-5-/t28-,29-,32-,34-,36+,39+,45-,46?/m1/s1. The Balaban J connectivity index is 1.15. The first-order valence-corrected chi connectivity index (χ1v) is 25.7. The summed E-state index contributed by atoms with van der Waals surface area (Å²) in [4.78, 5) is 68.4. The monoisotopic (exact) mass is 1010 g/mol. The number of nitrogens with zero attached hydrogens (tertiary/aromatic N) is 3. The molecular formula is C48H54F6N4O9S2. The Hall–Kier alpha value is -4.89. The van der Waals surface area contributed by atoms with Crippen molar-refractivity contribution >= 4 is 44.9 Å². The second-order valence-electron chi connectivity index (χ2n) is 19.2. The molecule has 1 aromatic carbocycles. The largest absolute Gasteiger partial charge is 0.488 e. The summed E-state index contributed by atoms with van der Waals surface area (Å²) >= 11 is 1.25. The molecule has 1 N–H and O–H groups in total. The minimum Gasteiger partial charge on any atom is -0.488 e. The molecule has 5 aliphatic rings. The van der Waals surface area contributed by atoms with Crippen molar-refractivity contribution in [2.45, 2.75) is 126 Å². The first-order valence-electron chi connectivity index (χ1n) is 23.3. The summed E-state index contributed by atoms with van der Waals surface area (Å²) in [5.41, 5.74) is -4.37. The average Bonchev–Trinajstić information content (AvgIpc) is 4.16. The number of sulfonamides is 1. The van der Waals surface area contributed by atoms with E-state index < -0.39 is 124 Å². The van der Waals surface area contributed by atoms with Gasteiger partial charge in [0.1, 0.15) is 22.6 Å². The number of carbonyl (C=O) groups is 4. The van der Waals surface area contributed by atoms with Gasteiger partial charge in [0, 0.05) is 55.1 Å². The van der Waals surface area contributed by atoms with E-state index in [1.807, 2.05) is 26.0 Å². The number of fused-ring (bicyclic) bond motifs is 2. The number of rotatable bonds is 11. The van der Waals surface area contributed by atoms with Crippen LogP contribution < -0.4 is 9.46 Å². The molecule has 2 amide bonds. The first-order chi connectivity index (χ1) is 32.6. The summed E-state index contributed by atoms with van der Waals surface area (Å²) in [6.07, 6.45) is -4.30. The predicted molar refractivity (Wildman–Crippen MR) is 240 cm³/mol. The lowest BCUT2D eigenvalue weighted by Crippen LogP contribution is -2.55. The number of benzene rings is 1. The zero-order valence-electron chi connectivity index (χ0n) is 38.0. The van der Waals surface area contributed by atoms with Crippen molar-refractivity contribution in [2.24, 2.45) is 29.1 Å². The van der Waals surface area contributed by atoms with Gasteiger partial charge in [-0.1, -0.05) is 44.6 Å². The molecule has 3 aliphatic heterocycles. The third kappa shape index (κ3) is 11.2. The lowest BCUT2D eigenvalue weighted by atomic mass is 9.79. The highest BCUT2D eigenvalue weighted by Crippen LogP contribution is 2.57. The number of esters is 1. The molecule has 2 aliphatic carbocycles. The van der Waals surface area contributed by atoms with Crippen molar-refractivity contribution in [2.75, 3.05) is 19.8 Å². The topological polar surface area (TPSA) is 171 Å². The van der Waals surface area contributed by atoms with Crippen molar-refractivity contribution in [3.05, 3.63) is 65.7 Å². The van der Waals surface area contributed by atoms with Crippen LogP contribution in [0.15, 0.2) is 60.1 Å². The van der Waals surface area contributed by atoms with Crippen LogP contribution in [0.4, 0.5) is 26.3 Å². The number of halogens is 6. The number of allylic oxidation sites excluding steroid dienone is 2. The molecule has 2 saturated carbocycles. The van der Waals surface area contributed by atoms with Crippen LogP contribution in [0.5, 0.6) is 5.75 Å². The molecule has 0 spiro atoms. The molecule has 13 nitrogen and oxygen atoms in total. The van der Waals surface area contributed by atoms with Gasteiger partial charge >= 0.3 is 18.3 Å². The maximum absolute atomic E-state index is 15.3. The molecule has 2 saturated heterocycles. The highest BCUT2D eigenvalue weighted by atomic mass is 32.2. The van der Waals surface area contributed by atoms with E-state index in [2.05, 4.69) is 14.7 Å². The Bertz CT molecular complexity index is 2530. The van der Waals surface area contributed by atoms with Crippen LogP contribution in [0.25, 0.3) is 22.0 Å². The van der Waals surface area contributed by atoms with Crippen molar-refractivity contribution in [3.63, 3.8) is 0 Å². The molecule has 21 heteroatoms. The second kappa shape index (κ2) is 19.7. The highest BCUT2D eigenvalue weighted by Gasteiger charge is 2.62. The van der Waals surface area contributed by atoms with Gasteiger partial charge in [0.2, 0.25) is 27.4 Å². The maximum Gasteiger partial charge on any atom is 0.430 e. The van der Waals surface area contributed by atoms with Crippen LogP contribution >= 0.6 is 11.3 Å². The molecule has 1 unspecified atom stereocenters. The Labute approximate surface area is 399 Å². The summed E-state index contributed by atoms with van der Waals surface area (Å²) in [5, 5.41) is 1.44. The number of nitrogens with one attached hydrogen (secondary N) is 1. The average molecular weight is 1010 g/mol. The number of hydrogen-bond donors (Lipinski definition) is 1. The van der Waals surface area contributed by atoms with Crippen molar-refractivity contribution in [1.82, 2.24) is 19.6 Å². The second-order valence-corrected chi connectivity index (χ2v) is 22.1. The van der Waals surface area contributed by atoms with Crippen LogP contribution in [0.3, 0.4) is 0 Å². The number of hydrogen-bond acceptors (Lipinski definition) is 12. The predicted octanol–water partition coefficient (Wildman–Crippen LogP) is 8.88. The summed E-state index contributed by atoms with van der Waals surface area (Å²) in [6, 6.07) is 6.14. The van der Waals surface area contributed by atoms with E-state index in [9.17, 15) is 49.1 Å². The van der Waals surface area contributed by atoms with Crippen molar-refractivity contribution < 1.29 is 68.1 Å². The van der Waals surface area contributed by atoms with E-state index in [1.54, 1.807) is 17.6 Å². The fourth-order valence-electron chi connectivity index (χ4n) is 10.0. The summed E-state index contributed by atoms with van der Waals surface area (Å²) in [5.74, 6) is -5.55. The van der Waals surface area contributed by atoms with Crippen LogP contribution in [0.2, 0.25) is 0 Å². The summed E-state index contributed by atoms with van der Waals surface area (Å²) < 4.78 is 130. The molecule has 0 radical (unpaired) electrons. The van der Waals surface area contributed by atoms with Crippen LogP contribution in [-0.2, 0) is 44.9 Å². The third-order valence-electron chi connectivity index (χ3n) is 14.2. The quantitative estimate of drug-likeness (QED) is 0.111. The van der Waals surface area contributed by atoms with E-state index in [-0.39, 0.29) is 49.8 Å². The zero-order chi connectivity index (χ0) is 49.5. The molecule has 69 heavy (non-hydrogen) atoms. The van der Waals surface area contributed by atoms with E-state index >= 15 is 4.79 Å². The number of ether oxygens (including phenoxy) is 3. The van der Waals surface area contributed by atoms with E-state index in [0.29, 0.717) is 54.8 Å².